The molecular weight excluding hydrogens is 546 g/mol. The second kappa shape index (κ2) is 12.0. The van der Waals surface area contributed by atoms with E-state index in [1.807, 2.05) is 37.4 Å². The first-order chi connectivity index (χ1) is 18.2. The molecule has 1 aliphatic heterocycles. The van der Waals surface area contributed by atoms with Gasteiger partial charge >= 0.3 is 5.97 Å². The number of imidazole rings is 1. The van der Waals surface area contributed by atoms with Crippen LogP contribution in [0.4, 0.5) is 5.82 Å². The largest absolute Gasteiger partial charge is 0.467 e. The van der Waals surface area contributed by atoms with E-state index >= 15 is 0 Å². The Bertz CT molecular complexity index is 1290. The van der Waals surface area contributed by atoms with Crippen molar-refractivity contribution in [3.05, 3.63) is 64.8 Å². The quantitative estimate of drug-likeness (QED) is 0.200. The lowest BCUT2D eigenvalue weighted by atomic mass is 9.92. The highest BCUT2D eigenvalue weighted by molar-refractivity contribution is 9.10. The van der Waals surface area contributed by atoms with Crippen molar-refractivity contribution in [2.24, 2.45) is 5.92 Å². The number of rotatable bonds is 10. The summed E-state index contributed by atoms with van der Waals surface area (Å²) in [6.45, 7) is 14.6. The Morgan fingerprint density at radius 2 is 2.00 bits per heavy atom. The standard InChI is InChI=1S/C30H38BrN3O4/c1-7-15-38-30(5)11-13-33(14-12-30)28-26(27(29(35)36-6)37-19-20(2)3)21(4)16-25-32-24(18-34(25)28)22-9-8-10-23(31)17-22/h7-10,16-18,20,27H,1,11-15,19H2,2-6H3. The van der Waals surface area contributed by atoms with Gasteiger partial charge in [0.05, 0.1) is 31.6 Å². The number of fused-ring (bicyclic) bond motifs is 1. The average Bonchev–Trinajstić information content (AvgIpc) is 3.31. The molecule has 4 rings (SSSR count). The molecule has 8 heteroatoms. The van der Waals surface area contributed by atoms with Crippen LogP contribution in [-0.2, 0) is 19.0 Å². The summed E-state index contributed by atoms with van der Waals surface area (Å²) < 4.78 is 20.7. The molecule has 7 nitrogen and oxygen atoms in total. The van der Waals surface area contributed by atoms with Gasteiger partial charge in [-0.15, -0.1) is 6.58 Å². The number of carbonyl (C=O) groups is 1. The minimum Gasteiger partial charge on any atom is -0.467 e. The Labute approximate surface area is 233 Å². The smallest absolute Gasteiger partial charge is 0.339 e. The van der Waals surface area contributed by atoms with E-state index in [-0.39, 0.29) is 11.5 Å². The fourth-order valence-electron chi connectivity index (χ4n) is 4.94. The van der Waals surface area contributed by atoms with Crippen molar-refractivity contribution >= 4 is 33.4 Å². The zero-order valence-electron chi connectivity index (χ0n) is 23.0. The van der Waals surface area contributed by atoms with Crippen LogP contribution in [0.5, 0.6) is 0 Å². The molecule has 0 saturated carbocycles. The van der Waals surface area contributed by atoms with Crippen LogP contribution in [0.1, 0.15) is 50.8 Å². The Balaban J connectivity index is 1.86. The van der Waals surface area contributed by atoms with E-state index in [1.165, 1.54) is 7.11 Å². The molecule has 0 aliphatic carbocycles. The minimum absolute atomic E-state index is 0.222. The topological polar surface area (TPSA) is 65.3 Å². The van der Waals surface area contributed by atoms with Crippen molar-refractivity contribution in [3.63, 3.8) is 0 Å². The molecular formula is C30H38BrN3O4. The number of halogens is 1. The van der Waals surface area contributed by atoms with Crippen LogP contribution in [0.25, 0.3) is 16.9 Å². The normalized spacial score (nSPS) is 16.1. The van der Waals surface area contributed by atoms with Crippen molar-refractivity contribution in [1.82, 2.24) is 9.38 Å². The summed E-state index contributed by atoms with van der Waals surface area (Å²) in [4.78, 5) is 20.4. The molecule has 3 aromatic rings. The maximum Gasteiger partial charge on any atom is 0.339 e. The van der Waals surface area contributed by atoms with Gasteiger partial charge in [-0.3, -0.25) is 4.40 Å². The summed E-state index contributed by atoms with van der Waals surface area (Å²) in [5.41, 5.74) is 4.23. The Morgan fingerprint density at radius 1 is 1.26 bits per heavy atom. The van der Waals surface area contributed by atoms with Gasteiger partial charge in [0.25, 0.3) is 0 Å². The van der Waals surface area contributed by atoms with E-state index in [2.05, 4.69) is 58.6 Å². The maximum atomic E-state index is 13.1. The van der Waals surface area contributed by atoms with Crippen LogP contribution >= 0.6 is 15.9 Å². The predicted molar refractivity (Wildman–Crippen MR) is 155 cm³/mol. The van der Waals surface area contributed by atoms with Crippen LogP contribution in [-0.4, -0.2) is 54.4 Å². The number of nitrogens with zero attached hydrogens (tertiary/aromatic N) is 3. The number of ether oxygens (including phenoxy) is 3. The van der Waals surface area contributed by atoms with Gasteiger partial charge in [-0.2, -0.15) is 0 Å². The molecule has 1 atom stereocenters. The van der Waals surface area contributed by atoms with E-state index in [1.54, 1.807) is 6.08 Å². The fourth-order valence-corrected chi connectivity index (χ4v) is 5.34. The number of benzene rings is 1. The van der Waals surface area contributed by atoms with Crippen LogP contribution in [0, 0.1) is 12.8 Å². The molecule has 0 bridgehead atoms. The third-order valence-corrected chi connectivity index (χ3v) is 7.53. The molecule has 2 aromatic heterocycles. The van der Waals surface area contributed by atoms with Crippen molar-refractivity contribution in [2.75, 3.05) is 38.3 Å². The molecule has 3 heterocycles. The number of hydrogen-bond acceptors (Lipinski definition) is 6. The maximum absolute atomic E-state index is 13.1. The van der Waals surface area contributed by atoms with Crippen molar-refractivity contribution < 1.29 is 19.0 Å². The molecule has 0 radical (unpaired) electrons. The Morgan fingerprint density at radius 3 is 2.63 bits per heavy atom. The number of carbonyl (C=O) groups excluding carboxylic acids is 1. The second-order valence-electron chi connectivity index (χ2n) is 10.6. The minimum atomic E-state index is -0.844. The van der Waals surface area contributed by atoms with Gasteiger partial charge in [0.2, 0.25) is 0 Å². The lowest BCUT2D eigenvalue weighted by molar-refractivity contribution is -0.155. The van der Waals surface area contributed by atoms with E-state index < -0.39 is 12.1 Å². The van der Waals surface area contributed by atoms with Crippen LogP contribution in [0.2, 0.25) is 0 Å². The number of pyridine rings is 1. The summed E-state index contributed by atoms with van der Waals surface area (Å²) in [5.74, 6) is 0.778. The van der Waals surface area contributed by atoms with Crippen molar-refractivity contribution in [2.45, 2.75) is 52.2 Å². The lowest BCUT2D eigenvalue weighted by Crippen LogP contribution is -2.45. The highest BCUT2D eigenvalue weighted by atomic mass is 79.9. The molecule has 1 saturated heterocycles. The molecule has 1 unspecified atom stereocenters. The Hall–Kier alpha value is -2.68. The van der Waals surface area contributed by atoms with Crippen LogP contribution in [0.3, 0.4) is 0 Å². The summed E-state index contributed by atoms with van der Waals surface area (Å²) in [7, 11) is 1.41. The molecule has 0 N–H and O–H groups in total. The van der Waals surface area contributed by atoms with Gasteiger partial charge in [-0.05, 0) is 56.4 Å². The van der Waals surface area contributed by atoms with Gasteiger partial charge in [0, 0.05) is 34.9 Å². The van der Waals surface area contributed by atoms with Gasteiger partial charge in [0.1, 0.15) is 11.5 Å². The summed E-state index contributed by atoms with van der Waals surface area (Å²) in [6.07, 6.45) is 4.69. The first-order valence-corrected chi connectivity index (χ1v) is 13.9. The van der Waals surface area contributed by atoms with E-state index in [4.69, 9.17) is 19.2 Å². The summed E-state index contributed by atoms with van der Waals surface area (Å²) in [6, 6.07) is 10.1. The van der Waals surface area contributed by atoms with Crippen molar-refractivity contribution in [1.29, 1.82) is 0 Å². The van der Waals surface area contributed by atoms with Gasteiger partial charge < -0.3 is 19.1 Å². The SMILES string of the molecule is C=CCOC1(C)CCN(c2c(C(OCC(C)C)C(=O)OC)c(C)cc3nc(-c4cccc(Br)c4)cn23)CC1. The molecule has 0 spiro atoms. The summed E-state index contributed by atoms with van der Waals surface area (Å²) >= 11 is 3.58. The van der Waals surface area contributed by atoms with Gasteiger partial charge in [0.15, 0.2) is 6.10 Å². The number of esters is 1. The third-order valence-electron chi connectivity index (χ3n) is 7.04. The van der Waals surface area contributed by atoms with Gasteiger partial charge in [-0.25, -0.2) is 9.78 Å². The zero-order valence-corrected chi connectivity index (χ0v) is 24.6. The molecule has 204 valence electrons. The van der Waals surface area contributed by atoms with E-state index in [0.717, 1.165) is 64.3 Å². The third kappa shape index (κ3) is 6.14. The highest BCUT2D eigenvalue weighted by Gasteiger charge is 2.36. The monoisotopic (exact) mass is 583 g/mol. The fraction of sp³-hybridized carbons (Fsp3) is 0.467. The molecule has 38 heavy (non-hydrogen) atoms. The first kappa shape index (κ1) is 28.3. The van der Waals surface area contributed by atoms with E-state index in [0.29, 0.717) is 13.2 Å². The molecule has 0 amide bonds. The number of aromatic nitrogens is 2. The number of hydrogen-bond donors (Lipinski definition) is 0. The first-order valence-electron chi connectivity index (χ1n) is 13.1. The number of methoxy groups -OCH3 is 1. The highest BCUT2D eigenvalue weighted by Crippen LogP contribution is 2.38. The molecule has 1 aliphatic rings. The lowest BCUT2D eigenvalue weighted by Gasteiger charge is -2.41. The number of piperidine rings is 1. The average molecular weight is 585 g/mol. The molecule has 1 fully saturated rings. The number of anilines is 1. The van der Waals surface area contributed by atoms with Crippen LogP contribution in [0.15, 0.2) is 53.7 Å². The Kier molecular flexibility index (Phi) is 8.96. The van der Waals surface area contributed by atoms with Gasteiger partial charge in [-0.1, -0.05) is 48.0 Å². The predicted octanol–water partition coefficient (Wildman–Crippen LogP) is 6.52. The zero-order chi connectivity index (χ0) is 27.4. The molecule has 1 aromatic carbocycles. The van der Waals surface area contributed by atoms with Crippen molar-refractivity contribution in [3.8, 4) is 11.3 Å². The second-order valence-corrected chi connectivity index (χ2v) is 11.5. The van der Waals surface area contributed by atoms with E-state index in [9.17, 15) is 4.79 Å². The number of aryl methyl sites for hydroxylation is 1. The van der Waals surface area contributed by atoms with Crippen LogP contribution < -0.4 is 4.90 Å². The summed E-state index contributed by atoms with van der Waals surface area (Å²) in [5, 5.41) is 0.